The minimum Gasteiger partial charge on any atom is -0.334 e. The van der Waals surface area contributed by atoms with E-state index in [2.05, 4.69) is 5.32 Å². The number of hydrogen-bond donors (Lipinski definition) is 1. The highest BCUT2D eigenvalue weighted by Crippen LogP contribution is 2.19. The second kappa shape index (κ2) is 6.35. The van der Waals surface area contributed by atoms with Crippen LogP contribution in [0, 0.1) is 5.82 Å². The maximum atomic E-state index is 13.5. The summed E-state index contributed by atoms with van der Waals surface area (Å²) in [6.07, 6.45) is 1.83. The Morgan fingerprint density at radius 3 is 2.95 bits per heavy atom. The van der Waals surface area contributed by atoms with Gasteiger partial charge >= 0.3 is 0 Å². The largest absolute Gasteiger partial charge is 0.334 e. The molecule has 3 nitrogen and oxygen atoms in total. The molecule has 1 amide bonds. The quantitative estimate of drug-likeness (QED) is 0.922. The van der Waals surface area contributed by atoms with E-state index in [-0.39, 0.29) is 17.0 Å². The highest BCUT2D eigenvalue weighted by Gasteiger charge is 2.26. The van der Waals surface area contributed by atoms with Crippen molar-refractivity contribution >= 4 is 17.5 Å². The Hall–Kier alpha value is -1.13. The van der Waals surface area contributed by atoms with E-state index in [1.165, 1.54) is 12.1 Å². The fraction of sp³-hybridized carbons (Fsp3) is 0.500. The summed E-state index contributed by atoms with van der Waals surface area (Å²) in [6.45, 7) is 4.45. The molecule has 5 heteroatoms. The second-order valence-electron chi connectivity index (χ2n) is 4.77. The van der Waals surface area contributed by atoms with Gasteiger partial charge in [-0.2, -0.15) is 0 Å². The standard InChI is InChI=1S/C14H18ClFN2O/c1-2-7-18(11-5-6-17-9-11)14(19)10-3-4-12(15)13(16)8-10/h3-4,8,11,17H,2,5-7,9H2,1H3. The van der Waals surface area contributed by atoms with Crippen molar-refractivity contribution < 1.29 is 9.18 Å². The van der Waals surface area contributed by atoms with Crippen LogP contribution in [0.4, 0.5) is 4.39 Å². The molecule has 1 fully saturated rings. The summed E-state index contributed by atoms with van der Waals surface area (Å²) in [7, 11) is 0. The molecule has 0 spiro atoms. The van der Waals surface area contributed by atoms with Crippen LogP contribution in [0.2, 0.25) is 5.02 Å². The molecule has 1 aliphatic rings. The van der Waals surface area contributed by atoms with Crippen molar-refractivity contribution in [3.8, 4) is 0 Å². The number of nitrogens with one attached hydrogen (secondary N) is 1. The van der Waals surface area contributed by atoms with Gasteiger partial charge in [0.25, 0.3) is 5.91 Å². The fourth-order valence-electron chi connectivity index (χ4n) is 2.39. The van der Waals surface area contributed by atoms with Crippen molar-refractivity contribution in [2.24, 2.45) is 0 Å². The number of hydrogen-bond acceptors (Lipinski definition) is 2. The van der Waals surface area contributed by atoms with E-state index in [0.29, 0.717) is 12.1 Å². The van der Waals surface area contributed by atoms with E-state index in [1.54, 1.807) is 6.07 Å². The zero-order valence-electron chi connectivity index (χ0n) is 11.0. The summed E-state index contributed by atoms with van der Waals surface area (Å²) < 4.78 is 13.5. The number of halogens is 2. The molecule has 1 unspecified atom stereocenters. The van der Waals surface area contributed by atoms with Crippen molar-refractivity contribution in [3.63, 3.8) is 0 Å². The Morgan fingerprint density at radius 1 is 1.58 bits per heavy atom. The Labute approximate surface area is 117 Å². The molecule has 1 aliphatic heterocycles. The number of rotatable bonds is 4. The molecule has 0 aliphatic carbocycles. The summed E-state index contributed by atoms with van der Waals surface area (Å²) in [5.74, 6) is -0.667. The van der Waals surface area contributed by atoms with Crippen molar-refractivity contribution in [1.29, 1.82) is 0 Å². The monoisotopic (exact) mass is 284 g/mol. The molecule has 0 saturated carbocycles. The lowest BCUT2D eigenvalue weighted by molar-refractivity contribution is 0.0692. The third kappa shape index (κ3) is 3.25. The van der Waals surface area contributed by atoms with Crippen LogP contribution in [-0.4, -0.2) is 36.5 Å². The number of carbonyl (C=O) groups excluding carboxylic acids is 1. The predicted molar refractivity (Wildman–Crippen MR) is 74.0 cm³/mol. The summed E-state index contributed by atoms with van der Waals surface area (Å²) in [5.41, 5.74) is 0.363. The minimum atomic E-state index is -0.548. The van der Waals surface area contributed by atoms with Gasteiger partial charge in [0.2, 0.25) is 0 Å². The molecule has 19 heavy (non-hydrogen) atoms. The lowest BCUT2D eigenvalue weighted by Gasteiger charge is -2.28. The summed E-state index contributed by atoms with van der Waals surface area (Å²) in [6, 6.07) is 4.43. The fourth-order valence-corrected chi connectivity index (χ4v) is 2.51. The average molecular weight is 285 g/mol. The van der Waals surface area contributed by atoms with Crippen LogP contribution in [-0.2, 0) is 0 Å². The summed E-state index contributed by atoms with van der Waals surface area (Å²) in [5, 5.41) is 3.29. The van der Waals surface area contributed by atoms with Crippen molar-refractivity contribution in [1.82, 2.24) is 10.2 Å². The first kappa shape index (κ1) is 14.3. The van der Waals surface area contributed by atoms with Crippen LogP contribution in [0.25, 0.3) is 0 Å². The normalized spacial score (nSPS) is 18.6. The van der Waals surface area contributed by atoms with E-state index < -0.39 is 5.82 Å². The molecular weight excluding hydrogens is 267 g/mol. The lowest BCUT2D eigenvalue weighted by atomic mass is 10.1. The first-order valence-electron chi connectivity index (χ1n) is 6.60. The summed E-state index contributed by atoms with van der Waals surface area (Å²) >= 11 is 5.64. The number of amides is 1. The van der Waals surface area contributed by atoms with Gasteiger partial charge in [-0.25, -0.2) is 4.39 Å². The van der Waals surface area contributed by atoms with Crippen LogP contribution in [0.3, 0.4) is 0 Å². The molecule has 1 atom stereocenters. The average Bonchev–Trinajstić information content (AvgIpc) is 2.92. The minimum absolute atomic E-state index is 0.0427. The van der Waals surface area contributed by atoms with Gasteiger partial charge in [0.1, 0.15) is 5.82 Å². The van der Waals surface area contributed by atoms with Crippen LogP contribution in [0.15, 0.2) is 18.2 Å². The SMILES string of the molecule is CCCN(C(=O)c1ccc(Cl)c(F)c1)C1CCNC1. The Morgan fingerprint density at radius 2 is 2.37 bits per heavy atom. The topological polar surface area (TPSA) is 32.3 Å². The van der Waals surface area contributed by atoms with Crippen LogP contribution < -0.4 is 5.32 Å². The van der Waals surface area contributed by atoms with Crippen molar-refractivity contribution in [2.75, 3.05) is 19.6 Å². The van der Waals surface area contributed by atoms with E-state index in [9.17, 15) is 9.18 Å². The number of benzene rings is 1. The first-order valence-corrected chi connectivity index (χ1v) is 6.98. The maximum absolute atomic E-state index is 13.5. The molecule has 2 rings (SSSR count). The maximum Gasteiger partial charge on any atom is 0.254 e. The number of carbonyl (C=O) groups is 1. The molecule has 0 radical (unpaired) electrons. The van der Waals surface area contributed by atoms with Gasteiger partial charge in [-0.15, -0.1) is 0 Å². The van der Waals surface area contributed by atoms with E-state index in [1.807, 2.05) is 11.8 Å². The highest BCUT2D eigenvalue weighted by molar-refractivity contribution is 6.30. The van der Waals surface area contributed by atoms with Gasteiger partial charge in [0.05, 0.1) is 5.02 Å². The van der Waals surface area contributed by atoms with Gasteiger partial charge in [-0.3, -0.25) is 4.79 Å². The van der Waals surface area contributed by atoms with Crippen LogP contribution in [0.1, 0.15) is 30.1 Å². The number of nitrogens with zero attached hydrogens (tertiary/aromatic N) is 1. The van der Waals surface area contributed by atoms with Gasteiger partial charge in [-0.1, -0.05) is 18.5 Å². The zero-order chi connectivity index (χ0) is 13.8. The lowest BCUT2D eigenvalue weighted by Crippen LogP contribution is -2.42. The Kier molecular flexibility index (Phi) is 4.77. The van der Waals surface area contributed by atoms with Gasteiger partial charge in [0.15, 0.2) is 0 Å². The zero-order valence-corrected chi connectivity index (χ0v) is 11.7. The molecule has 1 aromatic rings. The van der Waals surface area contributed by atoms with Gasteiger partial charge < -0.3 is 10.2 Å². The first-order chi connectivity index (χ1) is 9.13. The van der Waals surface area contributed by atoms with E-state index in [0.717, 1.165) is 25.9 Å². The Bertz CT molecular complexity index is 461. The molecular formula is C14H18ClFN2O. The van der Waals surface area contributed by atoms with Gasteiger partial charge in [-0.05, 0) is 37.6 Å². The van der Waals surface area contributed by atoms with Crippen LogP contribution >= 0.6 is 11.6 Å². The molecule has 1 aromatic carbocycles. The smallest absolute Gasteiger partial charge is 0.254 e. The van der Waals surface area contributed by atoms with E-state index in [4.69, 9.17) is 11.6 Å². The third-order valence-corrected chi connectivity index (χ3v) is 3.67. The van der Waals surface area contributed by atoms with Crippen LogP contribution in [0.5, 0.6) is 0 Å². The van der Waals surface area contributed by atoms with Crippen molar-refractivity contribution in [2.45, 2.75) is 25.8 Å². The summed E-state index contributed by atoms with van der Waals surface area (Å²) in [4.78, 5) is 14.3. The second-order valence-corrected chi connectivity index (χ2v) is 5.18. The highest BCUT2D eigenvalue weighted by atomic mass is 35.5. The molecule has 1 heterocycles. The molecule has 1 N–H and O–H groups in total. The van der Waals surface area contributed by atoms with E-state index >= 15 is 0 Å². The molecule has 1 saturated heterocycles. The Balaban J connectivity index is 2.20. The molecule has 104 valence electrons. The molecule has 0 bridgehead atoms. The third-order valence-electron chi connectivity index (χ3n) is 3.37. The van der Waals surface area contributed by atoms with Crippen molar-refractivity contribution in [3.05, 3.63) is 34.6 Å². The predicted octanol–water partition coefficient (Wildman–Crippen LogP) is 2.69. The van der Waals surface area contributed by atoms with Gasteiger partial charge in [0, 0.05) is 24.7 Å². The molecule has 0 aromatic heterocycles.